The Morgan fingerprint density at radius 2 is 1.90 bits per heavy atom. The molecule has 0 bridgehead atoms. The van der Waals surface area contributed by atoms with Crippen molar-refractivity contribution in [3.63, 3.8) is 0 Å². The number of alkyl halides is 3. The van der Waals surface area contributed by atoms with Gasteiger partial charge < -0.3 is 20.1 Å². The summed E-state index contributed by atoms with van der Waals surface area (Å²) in [4.78, 5) is 24.1. The van der Waals surface area contributed by atoms with Gasteiger partial charge in [-0.05, 0) is 61.7 Å². The number of halogens is 3. The number of hydrogen-bond acceptors (Lipinski definition) is 4. The van der Waals surface area contributed by atoms with E-state index in [1.165, 1.54) is 12.1 Å². The highest BCUT2D eigenvalue weighted by molar-refractivity contribution is 5.94. The number of carbonyl (C=O) groups excluding carboxylic acids is 2. The van der Waals surface area contributed by atoms with Crippen LogP contribution in [-0.2, 0) is 15.7 Å². The molecule has 2 amide bonds. The van der Waals surface area contributed by atoms with Gasteiger partial charge in [-0.3, -0.25) is 9.59 Å². The lowest BCUT2D eigenvalue weighted by atomic mass is 10.1. The maximum absolute atomic E-state index is 12.7. The van der Waals surface area contributed by atoms with Gasteiger partial charge in [0.05, 0.1) is 11.7 Å². The van der Waals surface area contributed by atoms with E-state index < -0.39 is 17.6 Å². The third-order valence-electron chi connectivity index (χ3n) is 4.74. The normalized spacial score (nSPS) is 16.0. The number of carbonyl (C=O) groups is 2. The first kappa shape index (κ1) is 22.6. The van der Waals surface area contributed by atoms with Crippen LogP contribution >= 0.6 is 0 Å². The minimum absolute atomic E-state index is 0.0263. The summed E-state index contributed by atoms with van der Waals surface area (Å²) < 4.78 is 49.0. The number of rotatable bonds is 8. The zero-order chi connectivity index (χ0) is 22.3. The first-order valence-electron chi connectivity index (χ1n) is 9.91. The van der Waals surface area contributed by atoms with Crippen LogP contribution in [0.2, 0.25) is 0 Å². The molecule has 0 saturated carbocycles. The van der Waals surface area contributed by atoms with E-state index in [0.29, 0.717) is 17.9 Å². The fourth-order valence-corrected chi connectivity index (χ4v) is 3.14. The van der Waals surface area contributed by atoms with Crippen LogP contribution in [0, 0.1) is 0 Å². The van der Waals surface area contributed by atoms with Crippen molar-refractivity contribution in [2.24, 2.45) is 0 Å². The number of hydrogen-bond donors (Lipinski definition) is 2. The van der Waals surface area contributed by atoms with Crippen molar-refractivity contribution >= 4 is 17.5 Å². The third kappa shape index (κ3) is 6.99. The molecule has 1 aliphatic heterocycles. The molecular weight excluding hydrogens is 413 g/mol. The lowest BCUT2D eigenvalue weighted by Gasteiger charge is -2.11. The standard InChI is InChI=1S/C22H23F3N2O4/c23-22(24,25)16-3-1-4-17(13-16)27-20(28)14-31-19-8-6-15(7-9-19)21(29)26-11-10-18-5-2-12-30-18/h1,3-4,6-9,13,18H,2,5,10-12,14H2,(H,26,29)(H,27,28). The van der Waals surface area contributed by atoms with Crippen LogP contribution < -0.4 is 15.4 Å². The van der Waals surface area contributed by atoms with Crippen LogP contribution in [-0.4, -0.2) is 37.7 Å². The molecule has 2 N–H and O–H groups in total. The highest BCUT2D eigenvalue weighted by Crippen LogP contribution is 2.30. The molecule has 31 heavy (non-hydrogen) atoms. The van der Waals surface area contributed by atoms with Crippen LogP contribution in [0.15, 0.2) is 48.5 Å². The fourth-order valence-electron chi connectivity index (χ4n) is 3.14. The highest BCUT2D eigenvalue weighted by atomic mass is 19.4. The minimum atomic E-state index is -4.49. The van der Waals surface area contributed by atoms with Crippen molar-refractivity contribution < 1.29 is 32.2 Å². The van der Waals surface area contributed by atoms with Crippen LogP contribution in [0.25, 0.3) is 0 Å². The van der Waals surface area contributed by atoms with E-state index in [1.54, 1.807) is 24.3 Å². The molecule has 1 unspecified atom stereocenters. The summed E-state index contributed by atoms with van der Waals surface area (Å²) in [5.74, 6) is -0.461. The summed E-state index contributed by atoms with van der Waals surface area (Å²) >= 11 is 0. The van der Waals surface area contributed by atoms with E-state index >= 15 is 0 Å². The van der Waals surface area contributed by atoms with Gasteiger partial charge in [0.25, 0.3) is 11.8 Å². The summed E-state index contributed by atoms with van der Waals surface area (Å²) in [5.41, 5.74) is -0.373. The average molecular weight is 436 g/mol. The molecule has 6 nitrogen and oxygen atoms in total. The van der Waals surface area contributed by atoms with Gasteiger partial charge in [-0.1, -0.05) is 6.07 Å². The molecule has 0 aliphatic carbocycles. The van der Waals surface area contributed by atoms with Gasteiger partial charge in [-0.2, -0.15) is 13.2 Å². The average Bonchev–Trinajstić information content (AvgIpc) is 3.26. The molecule has 3 rings (SSSR count). The Bertz CT molecular complexity index is 894. The summed E-state index contributed by atoms with van der Waals surface area (Å²) in [6, 6.07) is 10.6. The SMILES string of the molecule is O=C(COc1ccc(C(=O)NCCC2CCCO2)cc1)Nc1cccc(C(F)(F)F)c1. The van der Waals surface area contributed by atoms with E-state index in [4.69, 9.17) is 9.47 Å². The molecule has 2 aromatic rings. The van der Waals surface area contributed by atoms with Gasteiger partial charge in [0.2, 0.25) is 0 Å². The number of amides is 2. The van der Waals surface area contributed by atoms with E-state index in [9.17, 15) is 22.8 Å². The first-order chi connectivity index (χ1) is 14.8. The predicted molar refractivity (Wildman–Crippen MR) is 108 cm³/mol. The third-order valence-corrected chi connectivity index (χ3v) is 4.74. The molecule has 0 aromatic heterocycles. The number of ether oxygens (including phenoxy) is 2. The predicted octanol–water partition coefficient (Wildman–Crippen LogP) is 4.02. The van der Waals surface area contributed by atoms with E-state index in [0.717, 1.165) is 38.0 Å². The monoisotopic (exact) mass is 436 g/mol. The molecule has 0 spiro atoms. The maximum Gasteiger partial charge on any atom is 0.416 e. The largest absolute Gasteiger partial charge is 0.484 e. The van der Waals surface area contributed by atoms with Crippen molar-refractivity contribution in [2.45, 2.75) is 31.5 Å². The molecule has 0 radical (unpaired) electrons. The van der Waals surface area contributed by atoms with Gasteiger partial charge in [0.1, 0.15) is 5.75 Å². The number of benzene rings is 2. The summed E-state index contributed by atoms with van der Waals surface area (Å²) in [6.07, 6.45) is -1.44. The molecule has 1 fully saturated rings. The number of anilines is 1. The van der Waals surface area contributed by atoms with Gasteiger partial charge >= 0.3 is 6.18 Å². The molecule has 1 atom stereocenters. The Balaban J connectivity index is 1.43. The second-order valence-corrected chi connectivity index (χ2v) is 7.12. The molecule has 2 aromatic carbocycles. The molecule has 1 saturated heterocycles. The molecule has 166 valence electrons. The van der Waals surface area contributed by atoms with Crippen molar-refractivity contribution in [2.75, 3.05) is 25.1 Å². The van der Waals surface area contributed by atoms with Crippen molar-refractivity contribution in [1.82, 2.24) is 5.32 Å². The van der Waals surface area contributed by atoms with Gasteiger partial charge in [0, 0.05) is 24.4 Å². The Hall–Kier alpha value is -3.07. The zero-order valence-electron chi connectivity index (χ0n) is 16.7. The quantitative estimate of drug-likeness (QED) is 0.655. The molecule has 1 aliphatic rings. The molecule has 9 heteroatoms. The maximum atomic E-state index is 12.7. The minimum Gasteiger partial charge on any atom is -0.484 e. The second kappa shape index (κ2) is 10.3. The molecular formula is C22H23F3N2O4. The first-order valence-corrected chi connectivity index (χ1v) is 9.91. The van der Waals surface area contributed by atoms with Gasteiger partial charge in [-0.25, -0.2) is 0 Å². The Morgan fingerprint density at radius 1 is 1.13 bits per heavy atom. The van der Waals surface area contributed by atoms with Crippen LogP contribution in [0.4, 0.5) is 18.9 Å². The highest BCUT2D eigenvalue weighted by Gasteiger charge is 2.30. The smallest absolute Gasteiger partial charge is 0.416 e. The van der Waals surface area contributed by atoms with E-state index in [1.807, 2.05) is 0 Å². The lowest BCUT2D eigenvalue weighted by molar-refractivity contribution is -0.137. The Labute approximate surface area is 177 Å². The van der Waals surface area contributed by atoms with Crippen LogP contribution in [0.5, 0.6) is 5.75 Å². The van der Waals surface area contributed by atoms with Crippen LogP contribution in [0.3, 0.4) is 0 Å². The fraction of sp³-hybridized carbons (Fsp3) is 0.364. The topological polar surface area (TPSA) is 76.7 Å². The van der Waals surface area contributed by atoms with E-state index in [-0.39, 0.29) is 24.3 Å². The summed E-state index contributed by atoms with van der Waals surface area (Å²) in [7, 11) is 0. The zero-order valence-corrected chi connectivity index (χ0v) is 16.7. The summed E-state index contributed by atoms with van der Waals surface area (Å²) in [6.45, 7) is 0.915. The molecule has 1 heterocycles. The lowest BCUT2D eigenvalue weighted by Crippen LogP contribution is -2.27. The van der Waals surface area contributed by atoms with Crippen molar-refractivity contribution in [1.29, 1.82) is 0 Å². The second-order valence-electron chi connectivity index (χ2n) is 7.12. The van der Waals surface area contributed by atoms with E-state index in [2.05, 4.69) is 10.6 Å². The van der Waals surface area contributed by atoms with Crippen LogP contribution in [0.1, 0.15) is 35.2 Å². The van der Waals surface area contributed by atoms with Gasteiger partial charge in [0.15, 0.2) is 6.61 Å². The Morgan fingerprint density at radius 3 is 2.58 bits per heavy atom. The van der Waals surface area contributed by atoms with Crippen molar-refractivity contribution in [3.8, 4) is 5.75 Å². The summed E-state index contributed by atoms with van der Waals surface area (Å²) in [5, 5.41) is 5.20. The number of nitrogens with one attached hydrogen (secondary N) is 2. The van der Waals surface area contributed by atoms with Gasteiger partial charge in [-0.15, -0.1) is 0 Å². The van der Waals surface area contributed by atoms with Crippen molar-refractivity contribution in [3.05, 3.63) is 59.7 Å². The Kier molecular flexibility index (Phi) is 7.51.